The molecule has 9 heteroatoms. The molecule has 0 saturated carbocycles. The van der Waals surface area contributed by atoms with Crippen molar-refractivity contribution in [3.05, 3.63) is 59.7 Å². The predicted octanol–water partition coefficient (Wildman–Crippen LogP) is 1.64. The van der Waals surface area contributed by atoms with Gasteiger partial charge in [-0.15, -0.1) is 0 Å². The van der Waals surface area contributed by atoms with Crippen LogP contribution in [0.5, 0.6) is 0 Å². The van der Waals surface area contributed by atoms with Crippen LogP contribution in [-0.2, 0) is 21.4 Å². The third-order valence-corrected chi connectivity index (χ3v) is 7.89. The number of pyridine rings is 1. The van der Waals surface area contributed by atoms with Crippen LogP contribution in [0.15, 0.2) is 47.6 Å². The monoisotopic (exact) mass is 432 g/mol. The van der Waals surface area contributed by atoms with Crippen molar-refractivity contribution in [2.24, 2.45) is 0 Å². The quantitative estimate of drug-likeness (QED) is 0.718. The van der Waals surface area contributed by atoms with Crippen LogP contribution >= 0.6 is 0 Å². The van der Waals surface area contributed by atoms with Crippen LogP contribution in [0.1, 0.15) is 17.5 Å². The second kappa shape index (κ2) is 8.41. The van der Waals surface area contributed by atoms with Gasteiger partial charge in [-0.25, -0.2) is 12.8 Å². The molecule has 160 valence electrons. The summed E-state index contributed by atoms with van der Waals surface area (Å²) >= 11 is 0. The Balaban J connectivity index is 1.39. The lowest BCUT2D eigenvalue weighted by molar-refractivity contribution is -0.133. The van der Waals surface area contributed by atoms with Gasteiger partial charge in [0.1, 0.15) is 5.82 Å². The molecule has 1 unspecified atom stereocenters. The topological polar surface area (TPSA) is 73.8 Å². The van der Waals surface area contributed by atoms with Crippen molar-refractivity contribution in [1.29, 1.82) is 0 Å². The summed E-state index contributed by atoms with van der Waals surface area (Å²) in [6, 6.07) is 7.40. The van der Waals surface area contributed by atoms with E-state index in [2.05, 4.69) is 9.88 Å². The summed E-state index contributed by atoms with van der Waals surface area (Å²) in [7, 11) is -3.76. The molecule has 1 atom stereocenters. The van der Waals surface area contributed by atoms with E-state index in [1.165, 1.54) is 16.4 Å². The Morgan fingerprint density at radius 1 is 1.13 bits per heavy atom. The lowest BCUT2D eigenvalue weighted by Crippen LogP contribution is -2.53. The number of benzene rings is 1. The molecule has 0 N–H and O–H groups in total. The molecule has 1 aromatic carbocycles. The maximum Gasteiger partial charge on any atom is 0.243 e. The van der Waals surface area contributed by atoms with E-state index in [0.29, 0.717) is 31.7 Å². The number of aryl methyl sites for hydroxylation is 1. The first-order valence-corrected chi connectivity index (χ1v) is 11.5. The number of nitrogens with zero attached hydrogens (tertiary/aromatic N) is 4. The fourth-order valence-electron chi connectivity index (χ4n) is 4.18. The molecule has 7 nitrogen and oxygen atoms in total. The van der Waals surface area contributed by atoms with E-state index in [1.807, 2.05) is 17.0 Å². The number of amides is 1. The van der Waals surface area contributed by atoms with Crippen LogP contribution in [0.25, 0.3) is 0 Å². The minimum atomic E-state index is -3.76. The zero-order valence-corrected chi connectivity index (χ0v) is 17.7. The molecule has 2 aromatic rings. The second-order valence-electron chi connectivity index (χ2n) is 7.78. The number of sulfonamides is 1. The van der Waals surface area contributed by atoms with Gasteiger partial charge in [-0.05, 0) is 42.7 Å². The third-order valence-electron chi connectivity index (χ3n) is 5.85. The lowest BCUT2D eigenvalue weighted by atomic mass is 10.2. The highest BCUT2D eigenvalue weighted by Crippen LogP contribution is 2.25. The van der Waals surface area contributed by atoms with Crippen LogP contribution in [-0.4, -0.2) is 72.2 Å². The largest absolute Gasteiger partial charge is 0.337 e. The highest BCUT2D eigenvalue weighted by atomic mass is 32.2. The Kier molecular flexibility index (Phi) is 5.86. The smallest absolute Gasteiger partial charge is 0.243 e. The summed E-state index contributed by atoms with van der Waals surface area (Å²) in [5.41, 5.74) is 1.52. The number of rotatable bonds is 5. The number of carbonyl (C=O) groups excluding carboxylic acids is 1. The summed E-state index contributed by atoms with van der Waals surface area (Å²) < 4.78 is 40.9. The van der Waals surface area contributed by atoms with E-state index in [4.69, 9.17) is 0 Å². The predicted molar refractivity (Wildman–Crippen MR) is 110 cm³/mol. The van der Waals surface area contributed by atoms with Crippen molar-refractivity contribution in [2.75, 3.05) is 32.7 Å². The van der Waals surface area contributed by atoms with Gasteiger partial charge in [0.25, 0.3) is 0 Å². The summed E-state index contributed by atoms with van der Waals surface area (Å²) in [6.45, 7) is 4.40. The second-order valence-corrected chi connectivity index (χ2v) is 9.68. The van der Waals surface area contributed by atoms with Gasteiger partial charge < -0.3 is 4.90 Å². The van der Waals surface area contributed by atoms with E-state index in [0.717, 1.165) is 18.1 Å². The van der Waals surface area contributed by atoms with Crippen molar-refractivity contribution >= 4 is 15.9 Å². The zero-order valence-electron chi connectivity index (χ0n) is 16.9. The number of hydrogen-bond acceptors (Lipinski definition) is 5. The van der Waals surface area contributed by atoms with Gasteiger partial charge in [0, 0.05) is 51.7 Å². The molecular formula is C21H25FN4O3S. The van der Waals surface area contributed by atoms with Gasteiger partial charge in [0.05, 0.1) is 10.9 Å². The number of piperazine rings is 1. The Morgan fingerprint density at radius 2 is 1.90 bits per heavy atom. The number of aromatic nitrogens is 1. The number of carbonyl (C=O) groups is 1. The van der Waals surface area contributed by atoms with Crippen LogP contribution < -0.4 is 0 Å². The molecule has 2 fully saturated rings. The minimum Gasteiger partial charge on any atom is -0.337 e. The third kappa shape index (κ3) is 4.10. The Morgan fingerprint density at radius 3 is 2.60 bits per heavy atom. The minimum absolute atomic E-state index is 0.00976. The zero-order chi connectivity index (χ0) is 21.3. The van der Waals surface area contributed by atoms with Crippen molar-refractivity contribution in [3.63, 3.8) is 0 Å². The van der Waals surface area contributed by atoms with Gasteiger partial charge >= 0.3 is 0 Å². The molecule has 0 aliphatic carbocycles. The first-order valence-electron chi connectivity index (χ1n) is 10.0. The lowest BCUT2D eigenvalue weighted by Gasteiger charge is -2.36. The van der Waals surface area contributed by atoms with Gasteiger partial charge in [-0.2, -0.15) is 4.31 Å². The molecule has 2 saturated heterocycles. The highest BCUT2D eigenvalue weighted by Gasteiger charge is 2.39. The van der Waals surface area contributed by atoms with Gasteiger partial charge in [0.15, 0.2) is 0 Å². The van der Waals surface area contributed by atoms with Crippen LogP contribution in [0.3, 0.4) is 0 Å². The van der Waals surface area contributed by atoms with E-state index in [1.54, 1.807) is 19.3 Å². The fourth-order valence-corrected chi connectivity index (χ4v) is 5.84. The van der Waals surface area contributed by atoms with Gasteiger partial charge in [0.2, 0.25) is 15.9 Å². The van der Waals surface area contributed by atoms with Crippen molar-refractivity contribution in [2.45, 2.75) is 30.8 Å². The standard InChI is InChI=1S/C21H25FN4O3S/c1-16-4-5-18(22)13-20(16)30(28,29)26-11-9-24(10-12-26)19-6-8-25(21(19)27)15-17-3-2-7-23-14-17/h2-5,7,13-14,19H,6,8-12,15H2,1H3. The van der Waals surface area contributed by atoms with E-state index in [-0.39, 0.29) is 29.9 Å². The molecule has 2 aliphatic heterocycles. The average molecular weight is 433 g/mol. The number of likely N-dealkylation sites (tertiary alicyclic amines) is 1. The number of halogens is 1. The van der Waals surface area contributed by atoms with Crippen LogP contribution in [0.2, 0.25) is 0 Å². The molecule has 1 amide bonds. The van der Waals surface area contributed by atoms with E-state index >= 15 is 0 Å². The first kappa shape index (κ1) is 20.9. The number of hydrogen-bond donors (Lipinski definition) is 0. The van der Waals surface area contributed by atoms with Crippen molar-refractivity contribution in [3.8, 4) is 0 Å². The molecule has 0 radical (unpaired) electrons. The molecule has 0 spiro atoms. The normalized spacial score (nSPS) is 21.3. The SMILES string of the molecule is Cc1ccc(F)cc1S(=O)(=O)N1CCN(C2CCN(Cc3cccnc3)C2=O)CC1. The molecule has 1 aromatic heterocycles. The van der Waals surface area contributed by atoms with Gasteiger partial charge in [-0.3, -0.25) is 14.7 Å². The molecule has 30 heavy (non-hydrogen) atoms. The maximum absolute atomic E-state index is 13.6. The molecule has 3 heterocycles. The van der Waals surface area contributed by atoms with Crippen LogP contribution in [0.4, 0.5) is 4.39 Å². The Hall–Kier alpha value is -2.36. The highest BCUT2D eigenvalue weighted by molar-refractivity contribution is 7.89. The average Bonchev–Trinajstić information content (AvgIpc) is 3.10. The summed E-state index contributed by atoms with van der Waals surface area (Å²) in [6.07, 6.45) is 4.20. The molecular weight excluding hydrogens is 407 g/mol. The maximum atomic E-state index is 13.6. The molecule has 0 bridgehead atoms. The van der Waals surface area contributed by atoms with E-state index < -0.39 is 15.8 Å². The fraction of sp³-hybridized carbons (Fsp3) is 0.429. The summed E-state index contributed by atoms with van der Waals surface area (Å²) in [5.74, 6) is -0.487. The summed E-state index contributed by atoms with van der Waals surface area (Å²) in [4.78, 5) is 20.9. The van der Waals surface area contributed by atoms with Crippen molar-refractivity contribution < 1.29 is 17.6 Å². The van der Waals surface area contributed by atoms with E-state index in [9.17, 15) is 17.6 Å². The first-order chi connectivity index (χ1) is 14.4. The molecule has 2 aliphatic rings. The van der Waals surface area contributed by atoms with Crippen molar-refractivity contribution in [1.82, 2.24) is 19.1 Å². The van der Waals surface area contributed by atoms with Gasteiger partial charge in [-0.1, -0.05) is 12.1 Å². The Labute approximate surface area is 176 Å². The Bertz CT molecular complexity index is 1020. The molecule has 4 rings (SSSR count). The van der Waals surface area contributed by atoms with Crippen LogP contribution in [0, 0.1) is 12.7 Å². The summed E-state index contributed by atoms with van der Waals surface area (Å²) in [5, 5.41) is 0.